The molecule has 152 valence electrons. The van der Waals surface area contributed by atoms with Gasteiger partial charge < -0.3 is 15.4 Å². The van der Waals surface area contributed by atoms with Gasteiger partial charge in [-0.3, -0.25) is 14.7 Å². The number of Topliss-reactive ketones (excluding diaryl/α,β-unsaturated/α-hetero) is 1. The number of carbonyl (C=O) groups is 3. The third-order valence-electron chi connectivity index (χ3n) is 4.30. The second-order valence-electron chi connectivity index (χ2n) is 7.44. The van der Waals surface area contributed by atoms with E-state index in [9.17, 15) is 14.4 Å². The summed E-state index contributed by atoms with van der Waals surface area (Å²) in [6, 6.07) is -0.930. The molecule has 0 spiro atoms. The summed E-state index contributed by atoms with van der Waals surface area (Å²) in [4.78, 5) is 37.1. The maximum absolute atomic E-state index is 12.6. The molecule has 0 saturated carbocycles. The summed E-state index contributed by atoms with van der Waals surface area (Å²) in [5.41, 5.74) is 0.713. The standard InChI is InChI=1S/C19H32N4O4/c1-7-8-9-14(21-19(26)27-16(11(2)3)12(4)5)15(24)18(25)22-17-13(6)10-20-23-17/h10-12,14,16H,7-9H2,1-6H3,(H,21,26)(H2,20,22,23,25)/t14-/m0/s1. The van der Waals surface area contributed by atoms with Gasteiger partial charge in [0.25, 0.3) is 5.91 Å². The molecule has 0 radical (unpaired) electrons. The Morgan fingerprint density at radius 1 is 1.19 bits per heavy atom. The van der Waals surface area contributed by atoms with E-state index < -0.39 is 23.8 Å². The zero-order chi connectivity index (χ0) is 20.6. The van der Waals surface area contributed by atoms with Crippen molar-refractivity contribution in [3.05, 3.63) is 11.8 Å². The van der Waals surface area contributed by atoms with E-state index >= 15 is 0 Å². The number of nitrogens with one attached hydrogen (secondary N) is 3. The number of aromatic nitrogens is 2. The van der Waals surface area contributed by atoms with Gasteiger partial charge in [-0.15, -0.1) is 0 Å². The number of H-pyrrole nitrogens is 1. The number of aryl methyl sites for hydroxylation is 1. The minimum Gasteiger partial charge on any atom is -0.446 e. The molecule has 8 nitrogen and oxygen atoms in total. The fourth-order valence-corrected chi connectivity index (χ4v) is 2.83. The predicted molar refractivity (Wildman–Crippen MR) is 103 cm³/mol. The molecule has 2 amide bonds. The van der Waals surface area contributed by atoms with Crippen LogP contribution in [-0.2, 0) is 14.3 Å². The van der Waals surface area contributed by atoms with Crippen LogP contribution >= 0.6 is 0 Å². The number of amides is 2. The number of hydrogen-bond donors (Lipinski definition) is 3. The Morgan fingerprint density at radius 2 is 1.81 bits per heavy atom. The van der Waals surface area contributed by atoms with Crippen LogP contribution in [0.15, 0.2) is 6.20 Å². The third kappa shape index (κ3) is 7.03. The number of anilines is 1. The summed E-state index contributed by atoms with van der Waals surface area (Å²) in [6.45, 7) is 11.6. The van der Waals surface area contributed by atoms with E-state index in [1.54, 1.807) is 13.1 Å². The Morgan fingerprint density at radius 3 is 2.30 bits per heavy atom. The van der Waals surface area contributed by atoms with E-state index in [4.69, 9.17) is 4.74 Å². The monoisotopic (exact) mass is 380 g/mol. The highest BCUT2D eigenvalue weighted by molar-refractivity contribution is 6.42. The molecule has 0 saturated heterocycles. The lowest BCUT2D eigenvalue weighted by Gasteiger charge is -2.26. The summed E-state index contributed by atoms with van der Waals surface area (Å²) in [6.07, 6.45) is 2.50. The zero-order valence-corrected chi connectivity index (χ0v) is 17.1. The number of aromatic amines is 1. The highest BCUT2D eigenvalue weighted by Crippen LogP contribution is 2.17. The number of ketones is 1. The molecule has 0 bridgehead atoms. The Bertz CT molecular complexity index is 631. The van der Waals surface area contributed by atoms with Crippen molar-refractivity contribution < 1.29 is 19.1 Å². The second kappa shape index (κ2) is 10.7. The van der Waals surface area contributed by atoms with E-state index in [0.717, 1.165) is 6.42 Å². The molecule has 1 aromatic rings. The SMILES string of the molecule is CCCC[C@H](NC(=O)OC(C(C)C)C(C)C)C(=O)C(=O)Nc1[nH]ncc1C. The van der Waals surface area contributed by atoms with Gasteiger partial charge in [-0.25, -0.2) is 4.79 Å². The molecular weight excluding hydrogens is 348 g/mol. The van der Waals surface area contributed by atoms with Crippen LogP contribution in [0.2, 0.25) is 0 Å². The lowest BCUT2D eigenvalue weighted by molar-refractivity contribution is -0.136. The van der Waals surface area contributed by atoms with Gasteiger partial charge in [0, 0.05) is 5.56 Å². The molecular formula is C19H32N4O4. The van der Waals surface area contributed by atoms with Crippen LogP contribution in [0.1, 0.15) is 59.4 Å². The molecule has 27 heavy (non-hydrogen) atoms. The van der Waals surface area contributed by atoms with Gasteiger partial charge in [0.05, 0.1) is 6.20 Å². The molecule has 0 fully saturated rings. The summed E-state index contributed by atoms with van der Waals surface area (Å²) >= 11 is 0. The van der Waals surface area contributed by atoms with Crippen LogP contribution in [0, 0.1) is 18.8 Å². The average Bonchev–Trinajstić information content (AvgIpc) is 2.99. The van der Waals surface area contributed by atoms with Crippen LogP contribution in [-0.4, -0.2) is 40.1 Å². The second-order valence-corrected chi connectivity index (χ2v) is 7.44. The number of unbranched alkanes of at least 4 members (excludes halogenated alkanes) is 1. The van der Waals surface area contributed by atoms with Gasteiger partial charge >= 0.3 is 6.09 Å². The summed E-state index contributed by atoms with van der Waals surface area (Å²) in [5, 5.41) is 11.5. The first-order valence-corrected chi connectivity index (χ1v) is 9.49. The highest BCUT2D eigenvalue weighted by atomic mass is 16.6. The fraction of sp³-hybridized carbons (Fsp3) is 0.684. The molecule has 0 unspecified atom stereocenters. The van der Waals surface area contributed by atoms with Gasteiger partial charge in [-0.1, -0.05) is 47.5 Å². The van der Waals surface area contributed by atoms with E-state index in [0.29, 0.717) is 24.2 Å². The molecule has 3 N–H and O–H groups in total. The number of rotatable bonds is 10. The highest BCUT2D eigenvalue weighted by Gasteiger charge is 2.29. The number of carbonyl (C=O) groups excluding carboxylic acids is 3. The van der Waals surface area contributed by atoms with Crippen LogP contribution < -0.4 is 10.6 Å². The molecule has 0 aliphatic heterocycles. The fourth-order valence-electron chi connectivity index (χ4n) is 2.83. The molecule has 1 atom stereocenters. The van der Waals surface area contributed by atoms with Crippen molar-refractivity contribution in [1.29, 1.82) is 0 Å². The lowest BCUT2D eigenvalue weighted by atomic mass is 9.96. The van der Waals surface area contributed by atoms with Crippen molar-refractivity contribution in [3.63, 3.8) is 0 Å². The summed E-state index contributed by atoms with van der Waals surface area (Å²) < 4.78 is 5.49. The van der Waals surface area contributed by atoms with Crippen LogP contribution in [0.5, 0.6) is 0 Å². The number of hydrogen-bond acceptors (Lipinski definition) is 5. The first-order valence-electron chi connectivity index (χ1n) is 9.49. The summed E-state index contributed by atoms with van der Waals surface area (Å²) in [7, 11) is 0. The number of ether oxygens (including phenoxy) is 1. The Labute approximate surface area is 160 Å². The van der Waals surface area contributed by atoms with Gasteiger partial charge in [-0.2, -0.15) is 5.10 Å². The summed E-state index contributed by atoms with van der Waals surface area (Å²) in [5.74, 6) is -0.850. The van der Waals surface area contributed by atoms with E-state index in [-0.39, 0.29) is 17.9 Å². The molecule has 1 aromatic heterocycles. The minimum atomic E-state index is -0.930. The van der Waals surface area contributed by atoms with Gasteiger partial charge in [0.1, 0.15) is 18.0 Å². The van der Waals surface area contributed by atoms with Crippen LogP contribution in [0.3, 0.4) is 0 Å². The van der Waals surface area contributed by atoms with Gasteiger partial charge in [0.15, 0.2) is 0 Å². The zero-order valence-electron chi connectivity index (χ0n) is 17.1. The van der Waals surface area contributed by atoms with E-state index in [1.807, 2.05) is 34.6 Å². The van der Waals surface area contributed by atoms with Crippen LogP contribution in [0.25, 0.3) is 0 Å². The van der Waals surface area contributed by atoms with Crippen molar-refractivity contribution in [1.82, 2.24) is 15.5 Å². The largest absolute Gasteiger partial charge is 0.446 e. The van der Waals surface area contributed by atoms with E-state index in [1.165, 1.54) is 0 Å². The topological polar surface area (TPSA) is 113 Å². The van der Waals surface area contributed by atoms with Crippen molar-refractivity contribution in [3.8, 4) is 0 Å². The predicted octanol–water partition coefficient (Wildman–Crippen LogP) is 3.19. The lowest BCUT2D eigenvalue weighted by Crippen LogP contribution is -2.47. The quantitative estimate of drug-likeness (QED) is 0.540. The van der Waals surface area contributed by atoms with E-state index in [2.05, 4.69) is 20.8 Å². The maximum atomic E-state index is 12.6. The molecule has 0 aliphatic rings. The Balaban J connectivity index is 2.78. The van der Waals surface area contributed by atoms with Crippen molar-refractivity contribution in [2.75, 3.05) is 5.32 Å². The number of alkyl carbamates (subject to hydrolysis) is 1. The van der Waals surface area contributed by atoms with Crippen LogP contribution in [0.4, 0.5) is 10.6 Å². The maximum Gasteiger partial charge on any atom is 0.408 e. The molecule has 0 aliphatic carbocycles. The van der Waals surface area contributed by atoms with Crippen molar-refractivity contribution in [2.24, 2.45) is 11.8 Å². The smallest absolute Gasteiger partial charge is 0.408 e. The molecule has 8 heteroatoms. The average molecular weight is 380 g/mol. The third-order valence-corrected chi connectivity index (χ3v) is 4.30. The van der Waals surface area contributed by atoms with Gasteiger partial charge in [0.2, 0.25) is 5.78 Å². The molecule has 0 aromatic carbocycles. The Kier molecular flexibility index (Phi) is 8.97. The number of nitrogens with zero attached hydrogens (tertiary/aromatic N) is 1. The molecule has 1 rings (SSSR count). The minimum absolute atomic E-state index is 0.146. The van der Waals surface area contributed by atoms with Crippen molar-refractivity contribution >= 4 is 23.6 Å². The Hall–Kier alpha value is -2.38. The van der Waals surface area contributed by atoms with Crippen molar-refractivity contribution in [2.45, 2.75) is 73.0 Å². The first kappa shape index (κ1) is 22.7. The van der Waals surface area contributed by atoms with Gasteiger partial charge in [-0.05, 0) is 25.2 Å². The first-order chi connectivity index (χ1) is 12.7. The molecule has 1 heterocycles. The normalized spacial score (nSPS) is 12.3.